The molecule has 3 aromatic rings. The number of nitrogens with one attached hydrogen (secondary N) is 1. The summed E-state index contributed by atoms with van der Waals surface area (Å²) in [6.07, 6.45) is 1.04. The minimum absolute atomic E-state index is 0.0367. The monoisotopic (exact) mass is 419 g/mol. The van der Waals surface area contributed by atoms with Crippen molar-refractivity contribution in [2.45, 2.75) is 18.7 Å². The average molecular weight is 419 g/mol. The molecule has 1 saturated heterocycles. The molecule has 0 spiro atoms. The largest absolute Gasteiger partial charge is 0.483 e. The second-order valence-electron chi connectivity index (χ2n) is 6.94. The fraction of sp³-hybridized carbons (Fsp3) is 0.263. The number of anilines is 1. The standard InChI is InChI=1S/C19H16F3N5O3/c1-18(9-29-10-18)30-13-7-14(26-16(8-13)27-5-4-23-11-27)17(28)25-12-2-3-24-15(6-12)19(20,21)22/h2-8,11H,9-10H2,1H3,(H,24,25,28). The Morgan fingerprint density at radius 2 is 2.07 bits per heavy atom. The van der Waals surface area contributed by atoms with Crippen molar-refractivity contribution < 1.29 is 27.4 Å². The first-order valence-electron chi connectivity index (χ1n) is 8.84. The van der Waals surface area contributed by atoms with Crippen molar-refractivity contribution in [3.05, 3.63) is 60.6 Å². The lowest BCUT2D eigenvalue weighted by molar-refractivity contribution is -0.149. The maximum absolute atomic E-state index is 12.9. The van der Waals surface area contributed by atoms with Gasteiger partial charge in [-0.05, 0) is 19.1 Å². The van der Waals surface area contributed by atoms with Gasteiger partial charge in [-0.1, -0.05) is 0 Å². The zero-order chi connectivity index (χ0) is 21.4. The van der Waals surface area contributed by atoms with Gasteiger partial charge in [0.05, 0.1) is 13.2 Å². The Bertz CT molecular complexity index is 1070. The van der Waals surface area contributed by atoms with Crippen molar-refractivity contribution in [1.82, 2.24) is 19.5 Å². The molecule has 0 radical (unpaired) electrons. The van der Waals surface area contributed by atoms with E-state index in [0.717, 1.165) is 12.3 Å². The number of imidazole rings is 1. The lowest BCUT2D eigenvalue weighted by atomic mass is 10.1. The fourth-order valence-electron chi connectivity index (χ4n) is 2.79. The van der Waals surface area contributed by atoms with Gasteiger partial charge in [-0.15, -0.1) is 0 Å². The van der Waals surface area contributed by atoms with Crippen LogP contribution < -0.4 is 10.1 Å². The van der Waals surface area contributed by atoms with Crippen molar-refractivity contribution in [3.8, 4) is 11.6 Å². The molecule has 8 nitrogen and oxygen atoms in total. The zero-order valence-electron chi connectivity index (χ0n) is 15.7. The average Bonchev–Trinajstić information content (AvgIpc) is 3.21. The molecular formula is C19H16F3N5O3. The van der Waals surface area contributed by atoms with Crippen LogP contribution >= 0.6 is 0 Å². The molecule has 156 valence electrons. The molecule has 0 bridgehead atoms. The summed E-state index contributed by atoms with van der Waals surface area (Å²) in [4.78, 5) is 24.2. The number of carbonyl (C=O) groups excluding carboxylic acids is 1. The molecule has 4 rings (SSSR count). The van der Waals surface area contributed by atoms with Crippen molar-refractivity contribution in [1.29, 1.82) is 0 Å². The minimum Gasteiger partial charge on any atom is -0.483 e. The molecule has 0 saturated carbocycles. The Balaban J connectivity index is 1.63. The van der Waals surface area contributed by atoms with Gasteiger partial charge in [-0.2, -0.15) is 13.2 Å². The topological polar surface area (TPSA) is 91.2 Å². The molecule has 1 fully saturated rings. The molecule has 0 aromatic carbocycles. The number of halogens is 3. The summed E-state index contributed by atoms with van der Waals surface area (Å²) < 4.78 is 51.3. The molecule has 1 aliphatic heterocycles. The van der Waals surface area contributed by atoms with Crippen molar-refractivity contribution in [3.63, 3.8) is 0 Å². The van der Waals surface area contributed by atoms with Crippen LogP contribution in [0.1, 0.15) is 23.1 Å². The molecular weight excluding hydrogens is 403 g/mol. The zero-order valence-corrected chi connectivity index (χ0v) is 15.7. The summed E-state index contributed by atoms with van der Waals surface area (Å²) in [6.45, 7) is 2.66. The van der Waals surface area contributed by atoms with E-state index in [9.17, 15) is 18.0 Å². The van der Waals surface area contributed by atoms with E-state index < -0.39 is 23.4 Å². The molecule has 0 atom stereocenters. The Labute approximate surface area is 168 Å². The van der Waals surface area contributed by atoms with Gasteiger partial charge < -0.3 is 14.8 Å². The minimum atomic E-state index is -4.62. The number of hydrogen-bond donors (Lipinski definition) is 1. The van der Waals surface area contributed by atoms with Crippen LogP contribution in [0.15, 0.2) is 49.2 Å². The van der Waals surface area contributed by atoms with Gasteiger partial charge in [0, 0.05) is 36.4 Å². The molecule has 3 aromatic heterocycles. The van der Waals surface area contributed by atoms with Crippen molar-refractivity contribution in [2.24, 2.45) is 0 Å². The first-order chi connectivity index (χ1) is 14.2. The van der Waals surface area contributed by atoms with Crippen LogP contribution in [0.4, 0.5) is 18.9 Å². The number of amides is 1. The van der Waals surface area contributed by atoms with Gasteiger partial charge in [0.15, 0.2) is 5.60 Å². The Morgan fingerprint density at radius 3 is 2.70 bits per heavy atom. The van der Waals surface area contributed by atoms with Crippen molar-refractivity contribution >= 4 is 11.6 Å². The van der Waals surface area contributed by atoms with Crippen LogP contribution in [0.2, 0.25) is 0 Å². The van der Waals surface area contributed by atoms with E-state index >= 15 is 0 Å². The number of rotatable bonds is 5. The van der Waals surface area contributed by atoms with Crippen LogP contribution in [0.3, 0.4) is 0 Å². The highest BCUT2D eigenvalue weighted by atomic mass is 19.4. The van der Waals surface area contributed by atoms with Gasteiger partial charge in [-0.3, -0.25) is 14.3 Å². The normalized spacial score (nSPS) is 15.3. The molecule has 0 aliphatic carbocycles. The SMILES string of the molecule is CC1(Oc2cc(C(=O)Nc3ccnc(C(F)(F)F)c3)nc(-n3ccnc3)c2)COC1. The van der Waals surface area contributed by atoms with Gasteiger partial charge in [0.25, 0.3) is 5.91 Å². The number of carbonyl (C=O) groups is 1. The van der Waals surface area contributed by atoms with Gasteiger partial charge in [-0.25, -0.2) is 9.97 Å². The number of pyridine rings is 2. The highest BCUT2D eigenvalue weighted by Crippen LogP contribution is 2.29. The first kappa shape index (κ1) is 19.8. The lowest BCUT2D eigenvalue weighted by Crippen LogP contribution is -2.51. The second kappa shape index (κ2) is 7.41. The van der Waals surface area contributed by atoms with Gasteiger partial charge in [0.2, 0.25) is 0 Å². The third-order valence-corrected chi connectivity index (χ3v) is 4.27. The number of hydrogen-bond acceptors (Lipinski definition) is 6. The maximum atomic E-state index is 12.9. The van der Waals surface area contributed by atoms with Crippen LogP contribution in [-0.4, -0.2) is 44.2 Å². The fourth-order valence-corrected chi connectivity index (χ4v) is 2.79. The molecule has 11 heteroatoms. The summed E-state index contributed by atoms with van der Waals surface area (Å²) in [6, 6.07) is 5.07. The predicted octanol–water partition coefficient (Wildman–Crippen LogP) is 3.10. The van der Waals surface area contributed by atoms with Crippen LogP contribution in [0.5, 0.6) is 5.75 Å². The molecule has 1 aliphatic rings. The number of aromatic nitrogens is 4. The number of ether oxygens (including phenoxy) is 2. The molecule has 1 amide bonds. The van der Waals surface area contributed by atoms with Crippen LogP contribution in [0, 0.1) is 0 Å². The first-order valence-corrected chi connectivity index (χ1v) is 8.84. The van der Waals surface area contributed by atoms with E-state index in [0.29, 0.717) is 24.8 Å². The van der Waals surface area contributed by atoms with E-state index in [2.05, 4.69) is 20.3 Å². The second-order valence-corrected chi connectivity index (χ2v) is 6.94. The smallest absolute Gasteiger partial charge is 0.433 e. The van der Waals surface area contributed by atoms with E-state index in [1.165, 1.54) is 18.5 Å². The summed E-state index contributed by atoms with van der Waals surface area (Å²) in [5, 5.41) is 2.41. The predicted molar refractivity (Wildman–Crippen MR) is 98.4 cm³/mol. The number of nitrogens with zero attached hydrogens (tertiary/aromatic N) is 4. The summed E-state index contributed by atoms with van der Waals surface area (Å²) in [5.41, 5.74) is -1.74. The summed E-state index contributed by atoms with van der Waals surface area (Å²) >= 11 is 0. The third kappa shape index (κ3) is 4.25. The third-order valence-electron chi connectivity index (χ3n) is 4.27. The molecule has 4 heterocycles. The Kier molecular flexibility index (Phi) is 4.90. The van der Waals surface area contributed by atoms with Crippen LogP contribution in [-0.2, 0) is 10.9 Å². The van der Waals surface area contributed by atoms with Gasteiger partial charge in [0.1, 0.15) is 29.3 Å². The quantitative estimate of drug-likeness (QED) is 0.684. The molecule has 30 heavy (non-hydrogen) atoms. The van der Waals surface area contributed by atoms with Crippen LogP contribution in [0.25, 0.3) is 5.82 Å². The molecule has 0 unspecified atom stereocenters. The van der Waals surface area contributed by atoms with E-state index in [-0.39, 0.29) is 11.4 Å². The number of alkyl halides is 3. The highest BCUT2D eigenvalue weighted by molar-refractivity contribution is 6.03. The highest BCUT2D eigenvalue weighted by Gasteiger charge is 2.36. The van der Waals surface area contributed by atoms with Crippen molar-refractivity contribution in [2.75, 3.05) is 18.5 Å². The van der Waals surface area contributed by atoms with E-state index in [1.807, 2.05) is 6.92 Å². The van der Waals surface area contributed by atoms with E-state index in [4.69, 9.17) is 9.47 Å². The lowest BCUT2D eigenvalue weighted by Gasteiger charge is -2.38. The Morgan fingerprint density at radius 1 is 1.27 bits per heavy atom. The van der Waals surface area contributed by atoms with Gasteiger partial charge >= 0.3 is 6.18 Å². The summed E-state index contributed by atoms with van der Waals surface area (Å²) in [5.74, 6) is 0.0382. The molecule has 1 N–H and O–H groups in total. The maximum Gasteiger partial charge on any atom is 0.433 e. The van der Waals surface area contributed by atoms with E-state index in [1.54, 1.807) is 23.0 Å². The Hall–Kier alpha value is -3.47. The summed E-state index contributed by atoms with van der Waals surface area (Å²) in [7, 11) is 0.